The smallest absolute Gasteiger partial charge is 0.161 e. The van der Waals surface area contributed by atoms with E-state index in [-0.39, 0.29) is 9.65 Å². The van der Waals surface area contributed by atoms with Crippen molar-refractivity contribution in [2.45, 2.75) is 9.65 Å². The summed E-state index contributed by atoms with van der Waals surface area (Å²) in [5.74, 6) is 2.81. The van der Waals surface area contributed by atoms with Gasteiger partial charge in [0, 0.05) is 0 Å². The monoisotopic (exact) mass is 458 g/mol. The Bertz CT molecular complexity index is 631. The highest BCUT2D eigenvalue weighted by atomic mass is 79.9. The Kier molecular flexibility index (Phi) is 6.80. The molecule has 2 aromatic carbocycles. The number of rotatable bonds is 7. The number of halogens is 2. The zero-order valence-corrected chi connectivity index (χ0v) is 17.2. The zero-order chi connectivity index (χ0) is 17.7. The summed E-state index contributed by atoms with van der Waals surface area (Å²) in [5.41, 5.74) is 2.15. The molecule has 6 heteroatoms. The Balaban J connectivity index is 2.30. The van der Waals surface area contributed by atoms with Gasteiger partial charge in [-0.1, -0.05) is 44.0 Å². The van der Waals surface area contributed by atoms with E-state index in [2.05, 4.69) is 31.9 Å². The van der Waals surface area contributed by atoms with Gasteiger partial charge in [0.15, 0.2) is 23.0 Å². The molecule has 2 unspecified atom stereocenters. The first kappa shape index (κ1) is 18.9. The summed E-state index contributed by atoms with van der Waals surface area (Å²) in [6.45, 7) is 0. The highest BCUT2D eigenvalue weighted by Gasteiger charge is 2.22. The van der Waals surface area contributed by atoms with Crippen LogP contribution in [0, 0.1) is 0 Å². The first-order valence-electron chi connectivity index (χ1n) is 7.27. The molecule has 130 valence electrons. The number of benzene rings is 2. The molecule has 0 fully saturated rings. The van der Waals surface area contributed by atoms with Gasteiger partial charge >= 0.3 is 0 Å². The molecule has 0 aliphatic rings. The van der Waals surface area contributed by atoms with Crippen molar-refractivity contribution in [3.63, 3.8) is 0 Å². The molecular formula is C18H20Br2O4. The number of hydrogen-bond donors (Lipinski definition) is 0. The Morgan fingerprint density at radius 2 is 0.917 bits per heavy atom. The van der Waals surface area contributed by atoms with Crippen LogP contribution in [0.5, 0.6) is 23.0 Å². The van der Waals surface area contributed by atoms with Gasteiger partial charge in [-0.15, -0.1) is 0 Å². The third-order valence-corrected chi connectivity index (χ3v) is 6.53. The minimum Gasteiger partial charge on any atom is -0.493 e. The van der Waals surface area contributed by atoms with Crippen molar-refractivity contribution in [3.8, 4) is 23.0 Å². The van der Waals surface area contributed by atoms with Crippen molar-refractivity contribution in [1.82, 2.24) is 0 Å². The molecule has 0 aliphatic heterocycles. The van der Waals surface area contributed by atoms with Crippen molar-refractivity contribution < 1.29 is 18.9 Å². The standard InChI is InChI=1S/C18H20Br2O4/c1-21-13-7-5-11(9-15(13)23-3)17(19)18(20)12-6-8-14(22-2)16(10-12)24-4/h5-10,17-18H,1-4H3. The lowest BCUT2D eigenvalue weighted by molar-refractivity contribution is 0.354. The van der Waals surface area contributed by atoms with Gasteiger partial charge in [-0.2, -0.15) is 0 Å². The van der Waals surface area contributed by atoms with E-state index >= 15 is 0 Å². The second-order valence-corrected chi connectivity index (χ2v) is 7.01. The van der Waals surface area contributed by atoms with Gasteiger partial charge in [-0.05, 0) is 35.4 Å². The summed E-state index contributed by atoms with van der Waals surface area (Å²) in [6.07, 6.45) is 0. The highest BCUT2D eigenvalue weighted by Crippen LogP contribution is 2.45. The van der Waals surface area contributed by atoms with Crippen LogP contribution in [0.25, 0.3) is 0 Å². The van der Waals surface area contributed by atoms with Crippen LogP contribution >= 0.6 is 31.9 Å². The van der Waals surface area contributed by atoms with Crippen LogP contribution in [0.1, 0.15) is 20.8 Å². The molecule has 24 heavy (non-hydrogen) atoms. The molecule has 0 aromatic heterocycles. The molecule has 0 radical (unpaired) electrons. The van der Waals surface area contributed by atoms with Crippen molar-refractivity contribution >= 4 is 31.9 Å². The van der Waals surface area contributed by atoms with Crippen LogP contribution < -0.4 is 18.9 Å². The molecule has 0 aliphatic carbocycles. The van der Waals surface area contributed by atoms with Crippen LogP contribution in [-0.4, -0.2) is 28.4 Å². The van der Waals surface area contributed by atoms with E-state index in [9.17, 15) is 0 Å². The Hall–Kier alpha value is -1.40. The maximum Gasteiger partial charge on any atom is 0.161 e. The van der Waals surface area contributed by atoms with Gasteiger partial charge in [0.25, 0.3) is 0 Å². The number of hydrogen-bond acceptors (Lipinski definition) is 4. The van der Waals surface area contributed by atoms with Crippen LogP contribution in [0.4, 0.5) is 0 Å². The molecule has 0 heterocycles. The van der Waals surface area contributed by atoms with Gasteiger partial charge in [-0.3, -0.25) is 0 Å². The van der Waals surface area contributed by atoms with Crippen molar-refractivity contribution in [3.05, 3.63) is 47.5 Å². The van der Waals surface area contributed by atoms with E-state index in [1.54, 1.807) is 28.4 Å². The van der Waals surface area contributed by atoms with Crippen molar-refractivity contribution in [2.24, 2.45) is 0 Å². The third kappa shape index (κ3) is 3.98. The maximum atomic E-state index is 5.38. The first-order chi connectivity index (χ1) is 11.5. The van der Waals surface area contributed by atoms with E-state index in [0.29, 0.717) is 23.0 Å². The summed E-state index contributed by atoms with van der Waals surface area (Å²) in [5, 5.41) is 0. The molecule has 0 saturated carbocycles. The fourth-order valence-electron chi connectivity index (χ4n) is 2.39. The number of ether oxygens (including phenoxy) is 4. The fourth-order valence-corrected chi connectivity index (χ4v) is 3.57. The largest absolute Gasteiger partial charge is 0.493 e. The second kappa shape index (κ2) is 8.62. The van der Waals surface area contributed by atoms with Gasteiger partial charge < -0.3 is 18.9 Å². The molecule has 0 saturated heterocycles. The molecule has 4 nitrogen and oxygen atoms in total. The molecule has 2 aromatic rings. The topological polar surface area (TPSA) is 36.9 Å². The van der Waals surface area contributed by atoms with Crippen LogP contribution in [0.3, 0.4) is 0 Å². The van der Waals surface area contributed by atoms with E-state index in [1.807, 2.05) is 36.4 Å². The number of alkyl halides is 2. The van der Waals surface area contributed by atoms with Gasteiger partial charge in [0.1, 0.15) is 0 Å². The molecule has 0 spiro atoms. The van der Waals surface area contributed by atoms with Crippen molar-refractivity contribution in [1.29, 1.82) is 0 Å². The van der Waals surface area contributed by atoms with Crippen LogP contribution in [0.2, 0.25) is 0 Å². The normalized spacial score (nSPS) is 13.1. The fraction of sp³-hybridized carbons (Fsp3) is 0.333. The molecule has 2 rings (SSSR count). The van der Waals surface area contributed by atoms with E-state index in [4.69, 9.17) is 18.9 Å². The molecule has 0 bridgehead atoms. The second-order valence-electron chi connectivity index (χ2n) is 5.03. The van der Waals surface area contributed by atoms with Gasteiger partial charge in [0.05, 0.1) is 38.1 Å². The minimum atomic E-state index is 0.0374. The average Bonchev–Trinajstić information content (AvgIpc) is 2.65. The third-order valence-electron chi connectivity index (χ3n) is 3.71. The van der Waals surface area contributed by atoms with Gasteiger partial charge in [0.2, 0.25) is 0 Å². The minimum absolute atomic E-state index is 0.0374. The Morgan fingerprint density at radius 1 is 0.583 bits per heavy atom. The summed E-state index contributed by atoms with van der Waals surface area (Å²) in [6, 6.07) is 11.7. The highest BCUT2D eigenvalue weighted by molar-refractivity contribution is 9.12. The lowest BCUT2D eigenvalue weighted by atomic mass is 10.0. The Morgan fingerprint density at radius 3 is 1.21 bits per heavy atom. The predicted molar refractivity (Wildman–Crippen MR) is 102 cm³/mol. The SMILES string of the molecule is COc1ccc(C(Br)C(Br)c2ccc(OC)c(OC)c2)cc1OC. The zero-order valence-electron chi connectivity index (χ0n) is 14.0. The summed E-state index contributed by atoms with van der Waals surface area (Å²) < 4.78 is 21.3. The summed E-state index contributed by atoms with van der Waals surface area (Å²) in [4.78, 5) is 0.0748. The molecule has 2 atom stereocenters. The van der Waals surface area contributed by atoms with E-state index in [0.717, 1.165) is 11.1 Å². The Labute approximate surface area is 159 Å². The van der Waals surface area contributed by atoms with Crippen LogP contribution in [-0.2, 0) is 0 Å². The molecular weight excluding hydrogens is 440 g/mol. The van der Waals surface area contributed by atoms with E-state index < -0.39 is 0 Å². The van der Waals surface area contributed by atoms with Gasteiger partial charge in [-0.25, -0.2) is 0 Å². The molecule has 0 N–H and O–H groups in total. The lowest BCUT2D eigenvalue weighted by Crippen LogP contribution is -2.02. The molecule has 0 amide bonds. The van der Waals surface area contributed by atoms with E-state index in [1.165, 1.54) is 0 Å². The quantitative estimate of drug-likeness (QED) is 0.527. The summed E-state index contributed by atoms with van der Waals surface area (Å²) in [7, 11) is 6.51. The summed E-state index contributed by atoms with van der Waals surface area (Å²) >= 11 is 7.53. The predicted octanol–water partition coefficient (Wildman–Crippen LogP) is 5.29. The lowest BCUT2D eigenvalue weighted by Gasteiger charge is -2.20. The maximum absolute atomic E-state index is 5.38. The van der Waals surface area contributed by atoms with Crippen LogP contribution in [0.15, 0.2) is 36.4 Å². The van der Waals surface area contributed by atoms with Crippen molar-refractivity contribution in [2.75, 3.05) is 28.4 Å². The number of methoxy groups -OCH3 is 4. The first-order valence-corrected chi connectivity index (χ1v) is 9.10. The average molecular weight is 460 g/mol.